The van der Waals surface area contributed by atoms with Crippen molar-refractivity contribution in [1.29, 1.82) is 0 Å². The summed E-state index contributed by atoms with van der Waals surface area (Å²) in [6.45, 7) is 16.4. The van der Waals surface area contributed by atoms with Gasteiger partial charge in [0, 0.05) is 11.8 Å². The molecule has 0 rings (SSSR count). The normalized spacial score (nSPS) is 13.6. The Morgan fingerprint density at radius 2 is 1.38 bits per heavy atom. The van der Waals surface area contributed by atoms with Crippen LogP contribution in [0.25, 0.3) is 0 Å². The van der Waals surface area contributed by atoms with Crippen molar-refractivity contribution in [3.63, 3.8) is 0 Å². The Morgan fingerprint density at radius 3 is 1.79 bits per heavy atom. The van der Waals surface area contributed by atoms with E-state index in [1.54, 1.807) is 0 Å². The monoisotopic (exact) mass is 340 g/mol. The van der Waals surface area contributed by atoms with Gasteiger partial charge in [0.05, 0.1) is 12.0 Å². The summed E-state index contributed by atoms with van der Waals surface area (Å²) in [5, 5.41) is 0. The van der Waals surface area contributed by atoms with Gasteiger partial charge >= 0.3 is 5.97 Å². The number of Topliss-reactive ketones (excluding diaryl/α,β-unsaturated/α-hetero) is 1. The lowest BCUT2D eigenvalue weighted by Gasteiger charge is -2.22. The fourth-order valence-electron chi connectivity index (χ4n) is 2.87. The van der Waals surface area contributed by atoms with E-state index in [0.29, 0.717) is 24.0 Å². The number of unbranched alkanes of at least 4 members (excludes halogenated alkanes) is 1. The molecule has 0 spiro atoms. The van der Waals surface area contributed by atoms with Gasteiger partial charge in [-0.25, -0.2) is 0 Å². The van der Waals surface area contributed by atoms with Gasteiger partial charge in [-0.05, 0) is 50.9 Å². The van der Waals surface area contributed by atoms with E-state index in [1.807, 2.05) is 27.7 Å². The van der Waals surface area contributed by atoms with Crippen LogP contribution in [-0.4, -0.2) is 17.9 Å². The van der Waals surface area contributed by atoms with Crippen molar-refractivity contribution >= 4 is 11.8 Å². The lowest BCUT2D eigenvalue weighted by Crippen LogP contribution is -2.25. The average Bonchev–Trinajstić information content (AvgIpc) is 2.40. The van der Waals surface area contributed by atoms with E-state index in [-0.39, 0.29) is 23.4 Å². The first kappa shape index (κ1) is 23.1. The zero-order valence-electron chi connectivity index (χ0n) is 17.3. The van der Waals surface area contributed by atoms with E-state index in [2.05, 4.69) is 27.7 Å². The lowest BCUT2D eigenvalue weighted by molar-refractivity contribution is -0.154. The summed E-state index contributed by atoms with van der Waals surface area (Å²) in [6.07, 6.45) is 4.97. The molecule has 0 radical (unpaired) electrons. The highest BCUT2D eigenvalue weighted by atomic mass is 16.5. The van der Waals surface area contributed by atoms with Crippen molar-refractivity contribution in [2.75, 3.05) is 0 Å². The maximum atomic E-state index is 12.4. The van der Waals surface area contributed by atoms with Gasteiger partial charge in [0.25, 0.3) is 0 Å². The third-order valence-corrected chi connectivity index (χ3v) is 4.26. The molecule has 0 N–H and O–H groups in total. The maximum Gasteiger partial charge on any atom is 0.309 e. The highest BCUT2D eigenvalue weighted by Crippen LogP contribution is 2.23. The van der Waals surface area contributed by atoms with Crippen molar-refractivity contribution < 1.29 is 14.3 Å². The minimum atomic E-state index is -0.251. The molecule has 0 aliphatic rings. The van der Waals surface area contributed by atoms with Crippen LogP contribution in [0.3, 0.4) is 0 Å². The second-order valence-corrected chi connectivity index (χ2v) is 9.12. The largest absolute Gasteiger partial charge is 0.462 e. The first-order chi connectivity index (χ1) is 10.9. The van der Waals surface area contributed by atoms with Crippen LogP contribution in [0.2, 0.25) is 0 Å². The summed E-state index contributed by atoms with van der Waals surface area (Å²) in [5.41, 5.74) is -0.251. The first-order valence-electron chi connectivity index (χ1n) is 9.67. The van der Waals surface area contributed by atoms with Crippen molar-refractivity contribution in [1.82, 2.24) is 0 Å². The smallest absolute Gasteiger partial charge is 0.309 e. The van der Waals surface area contributed by atoms with Crippen LogP contribution in [0.1, 0.15) is 93.9 Å². The number of ether oxygens (including phenoxy) is 1. The molecule has 0 aliphatic heterocycles. The zero-order valence-corrected chi connectivity index (χ0v) is 17.3. The SMILES string of the molecule is CC(C)CC(CC(C)C)C(=O)OC(C)CCCCC(=O)C(C)(C)C. The summed E-state index contributed by atoms with van der Waals surface area (Å²) >= 11 is 0. The van der Waals surface area contributed by atoms with E-state index >= 15 is 0 Å². The predicted molar refractivity (Wildman–Crippen MR) is 101 cm³/mol. The molecule has 0 amide bonds. The molecule has 0 aromatic rings. The van der Waals surface area contributed by atoms with Crippen molar-refractivity contribution in [3.8, 4) is 0 Å². The van der Waals surface area contributed by atoms with Crippen molar-refractivity contribution in [2.24, 2.45) is 23.2 Å². The average molecular weight is 341 g/mol. The molecule has 0 saturated heterocycles. The van der Waals surface area contributed by atoms with Crippen LogP contribution in [-0.2, 0) is 14.3 Å². The molecule has 0 aromatic heterocycles. The Bertz CT molecular complexity index is 367. The third-order valence-electron chi connectivity index (χ3n) is 4.26. The van der Waals surface area contributed by atoms with Gasteiger partial charge < -0.3 is 4.74 Å². The van der Waals surface area contributed by atoms with E-state index in [4.69, 9.17) is 4.74 Å². The lowest BCUT2D eigenvalue weighted by atomic mass is 9.87. The Hall–Kier alpha value is -0.860. The number of rotatable bonds is 11. The van der Waals surface area contributed by atoms with Crippen LogP contribution < -0.4 is 0 Å². The number of hydrogen-bond donors (Lipinski definition) is 0. The molecule has 0 fully saturated rings. The molecule has 0 bridgehead atoms. The Kier molecular flexibility index (Phi) is 10.5. The summed E-state index contributed by atoms with van der Waals surface area (Å²) in [5.74, 6) is 1.27. The van der Waals surface area contributed by atoms with Gasteiger partial charge in [0.2, 0.25) is 0 Å². The van der Waals surface area contributed by atoms with Gasteiger partial charge in [-0.15, -0.1) is 0 Å². The fourth-order valence-corrected chi connectivity index (χ4v) is 2.87. The molecule has 0 saturated carbocycles. The highest BCUT2D eigenvalue weighted by molar-refractivity contribution is 5.83. The molecule has 1 atom stereocenters. The van der Waals surface area contributed by atoms with Gasteiger partial charge in [-0.3, -0.25) is 9.59 Å². The van der Waals surface area contributed by atoms with Gasteiger partial charge in [0.15, 0.2) is 0 Å². The molecule has 0 heterocycles. The van der Waals surface area contributed by atoms with E-state index in [0.717, 1.165) is 32.1 Å². The predicted octanol–water partition coefficient (Wildman–Crippen LogP) is 5.80. The molecule has 142 valence electrons. The Labute approximate surface area is 149 Å². The van der Waals surface area contributed by atoms with Crippen LogP contribution in [0.15, 0.2) is 0 Å². The molecule has 24 heavy (non-hydrogen) atoms. The maximum absolute atomic E-state index is 12.4. The quantitative estimate of drug-likeness (QED) is 0.352. The summed E-state index contributed by atoms with van der Waals surface area (Å²) in [7, 11) is 0. The van der Waals surface area contributed by atoms with E-state index in [1.165, 1.54) is 0 Å². The van der Waals surface area contributed by atoms with Crippen molar-refractivity contribution in [3.05, 3.63) is 0 Å². The number of hydrogen-bond acceptors (Lipinski definition) is 3. The minimum absolute atomic E-state index is 0.00918. The second-order valence-electron chi connectivity index (χ2n) is 9.12. The number of esters is 1. The molecule has 1 unspecified atom stereocenters. The highest BCUT2D eigenvalue weighted by Gasteiger charge is 2.24. The Morgan fingerprint density at radius 1 is 0.875 bits per heavy atom. The van der Waals surface area contributed by atoms with Crippen molar-refractivity contribution in [2.45, 2.75) is 100 Å². The third kappa shape index (κ3) is 10.8. The minimum Gasteiger partial charge on any atom is -0.462 e. The van der Waals surface area contributed by atoms with E-state index < -0.39 is 0 Å². The molecule has 0 aliphatic carbocycles. The molecule has 3 heteroatoms. The molecule has 0 aromatic carbocycles. The number of carbonyl (C=O) groups excluding carboxylic acids is 2. The van der Waals surface area contributed by atoms with Gasteiger partial charge in [0.1, 0.15) is 5.78 Å². The molecular formula is C21H40O3. The first-order valence-corrected chi connectivity index (χ1v) is 9.67. The van der Waals surface area contributed by atoms with Gasteiger partial charge in [-0.1, -0.05) is 48.5 Å². The Balaban J connectivity index is 4.21. The van der Waals surface area contributed by atoms with Crippen LogP contribution in [0.5, 0.6) is 0 Å². The molecular weight excluding hydrogens is 300 g/mol. The standard InChI is InChI=1S/C21H40O3/c1-15(2)13-18(14-16(3)4)20(23)24-17(5)11-9-10-12-19(22)21(6,7)8/h15-18H,9-14H2,1-8H3. The van der Waals surface area contributed by atoms with E-state index in [9.17, 15) is 9.59 Å². The summed E-state index contributed by atoms with van der Waals surface area (Å²) < 4.78 is 5.66. The van der Waals surface area contributed by atoms with Crippen LogP contribution >= 0.6 is 0 Å². The second kappa shape index (κ2) is 10.9. The van der Waals surface area contributed by atoms with Crippen LogP contribution in [0, 0.1) is 23.2 Å². The number of ketones is 1. The van der Waals surface area contributed by atoms with Crippen LogP contribution in [0.4, 0.5) is 0 Å². The van der Waals surface area contributed by atoms with Gasteiger partial charge in [-0.2, -0.15) is 0 Å². The zero-order chi connectivity index (χ0) is 18.9. The fraction of sp³-hybridized carbons (Fsp3) is 0.905. The topological polar surface area (TPSA) is 43.4 Å². The number of carbonyl (C=O) groups is 2. The summed E-state index contributed by atoms with van der Waals surface area (Å²) in [6, 6.07) is 0. The molecule has 3 nitrogen and oxygen atoms in total. The summed E-state index contributed by atoms with van der Waals surface area (Å²) in [4.78, 5) is 24.3.